The lowest BCUT2D eigenvalue weighted by atomic mass is 9.87. The van der Waals surface area contributed by atoms with Gasteiger partial charge in [0.15, 0.2) is 0 Å². The van der Waals surface area contributed by atoms with Crippen molar-refractivity contribution >= 4 is 23.0 Å². The van der Waals surface area contributed by atoms with E-state index < -0.39 is 12.1 Å². The van der Waals surface area contributed by atoms with E-state index in [0.717, 1.165) is 61.9 Å². The number of thiazole rings is 1. The highest BCUT2D eigenvalue weighted by molar-refractivity contribution is 7.09. The molecule has 2 aliphatic rings. The quantitative estimate of drug-likeness (QED) is 0.650. The Labute approximate surface area is 194 Å². The van der Waals surface area contributed by atoms with Gasteiger partial charge in [-0.2, -0.15) is 13.2 Å². The number of carbonyl (C=O) groups is 1. The molecule has 182 valence electrons. The minimum absolute atomic E-state index is 0.0467. The Hall–Kier alpha value is -2.37. The molecule has 2 fully saturated rings. The molecule has 3 heterocycles. The lowest BCUT2D eigenvalue weighted by Gasteiger charge is -2.38. The van der Waals surface area contributed by atoms with Crippen LogP contribution in [0.5, 0.6) is 5.75 Å². The van der Waals surface area contributed by atoms with Gasteiger partial charge in [0.2, 0.25) is 0 Å². The number of piperidine rings is 1. The molecule has 7 nitrogen and oxygen atoms in total. The average Bonchev–Trinajstić information content (AvgIpc) is 3.35. The Morgan fingerprint density at radius 1 is 1.39 bits per heavy atom. The predicted molar refractivity (Wildman–Crippen MR) is 119 cm³/mol. The van der Waals surface area contributed by atoms with E-state index in [2.05, 4.69) is 33.6 Å². The molecule has 1 unspecified atom stereocenters. The molecule has 1 aromatic heterocycles. The van der Waals surface area contributed by atoms with E-state index in [1.54, 1.807) is 18.4 Å². The number of rotatable bonds is 5. The molecule has 0 saturated carbocycles. The highest BCUT2D eigenvalue weighted by Crippen LogP contribution is 2.37. The van der Waals surface area contributed by atoms with Crippen LogP contribution in [0.3, 0.4) is 0 Å². The number of hydrogen-bond donors (Lipinski definition) is 2. The first-order valence-corrected chi connectivity index (χ1v) is 11.4. The molecule has 1 aromatic carbocycles. The van der Waals surface area contributed by atoms with Crippen molar-refractivity contribution < 1.29 is 32.5 Å². The summed E-state index contributed by atoms with van der Waals surface area (Å²) in [4.78, 5) is 16.0. The zero-order valence-corrected chi connectivity index (χ0v) is 19.3. The van der Waals surface area contributed by atoms with Crippen LogP contribution in [-0.2, 0) is 16.1 Å². The van der Waals surface area contributed by atoms with Crippen LogP contribution in [-0.4, -0.2) is 65.6 Å². The molecule has 1 atom stereocenters. The van der Waals surface area contributed by atoms with E-state index in [1.807, 2.05) is 18.2 Å². The maximum atomic E-state index is 10.6. The summed E-state index contributed by atoms with van der Waals surface area (Å²) >= 11 is 1.74. The van der Waals surface area contributed by atoms with Gasteiger partial charge in [0, 0.05) is 36.8 Å². The van der Waals surface area contributed by atoms with Crippen LogP contribution in [0.25, 0.3) is 0 Å². The number of aryl methyl sites for hydroxylation is 1. The summed E-state index contributed by atoms with van der Waals surface area (Å²) in [6.07, 6.45) is -1.80. The van der Waals surface area contributed by atoms with Crippen LogP contribution < -0.4 is 10.1 Å². The van der Waals surface area contributed by atoms with Gasteiger partial charge < -0.3 is 19.9 Å². The first-order valence-electron chi connectivity index (χ1n) is 10.6. The smallest absolute Gasteiger partial charge is 0.490 e. The number of alkyl halides is 3. The molecule has 0 bridgehead atoms. The maximum absolute atomic E-state index is 10.6. The van der Waals surface area contributed by atoms with Crippen LogP contribution in [0.2, 0.25) is 0 Å². The van der Waals surface area contributed by atoms with Gasteiger partial charge >= 0.3 is 12.1 Å². The first-order chi connectivity index (χ1) is 15.6. The normalized spacial score (nSPS) is 20.2. The first kappa shape index (κ1) is 25.3. The van der Waals surface area contributed by atoms with Gasteiger partial charge in [-0.25, -0.2) is 9.78 Å². The largest absolute Gasteiger partial charge is 0.497 e. The minimum Gasteiger partial charge on any atom is -0.497 e. The number of ether oxygens (including phenoxy) is 2. The van der Waals surface area contributed by atoms with Crippen molar-refractivity contribution in [1.29, 1.82) is 0 Å². The average molecular weight is 488 g/mol. The highest BCUT2D eigenvalue weighted by Gasteiger charge is 2.42. The number of aliphatic carboxylic acids is 1. The number of benzene rings is 1. The Morgan fingerprint density at radius 3 is 2.67 bits per heavy atom. The summed E-state index contributed by atoms with van der Waals surface area (Å²) in [5, 5.41) is 14.1. The van der Waals surface area contributed by atoms with E-state index in [0.29, 0.717) is 6.04 Å². The fraction of sp³-hybridized carbons (Fsp3) is 0.545. The van der Waals surface area contributed by atoms with Gasteiger partial charge in [-0.1, -0.05) is 6.07 Å². The second-order valence-electron chi connectivity index (χ2n) is 8.21. The molecular formula is C22H28F3N3O4S. The van der Waals surface area contributed by atoms with Crippen molar-refractivity contribution in [1.82, 2.24) is 9.88 Å². The maximum Gasteiger partial charge on any atom is 0.490 e. The Kier molecular flexibility index (Phi) is 8.19. The van der Waals surface area contributed by atoms with Crippen molar-refractivity contribution in [3.05, 3.63) is 40.3 Å². The van der Waals surface area contributed by atoms with E-state index in [9.17, 15) is 13.2 Å². The number of aromatic nitrogens is 1. The fourth-order valence-corrected chi connectivity index (χ4v) is 4.67. The number of likely N-dealkylation sites (tertiary alicyclic amines) is 1. The van der Waals surface area contributed by atoms with Gasteiger partial charge in [-0.3, -0.25) is 4.90 Å². The van der Waals surface area contributed by atoms with E-state index in [1.165, 1.54) is 5.69 Å². The topological polar surface area (TPSA) is 83.9 Å². The van der Waals surface area contributed by atoms with E-state index >= 15 is 0 Å². The molecule has 2 aromatic rings. The highest BCUT2D eigenvalue weighted by atomic mass is 32.1. The summed E-state index contributed by atoms with van der Waals surface area (Å²) in [5.41, 5.74) is 2.35. The van der Waals surface area contributed by atoms with Crippen molar-refractivity contribution in [3.63, 3.8) is 0 Å². The molecule has 0 radical (unpaired) electrons. The van der Waals surface area contributed by atoms with Gasteiger partial charge in [0.1, 0.15) is 5.75 Å². The fourth-order valence-electron chi connectivity index (χ4n) is 4.06. The van der Waals surface area contributed by atoms with Gasteiger partial charge in [-0.05, 0) is 38.3 Å². The molecule has 0 aliphatic carbocycles. The Balaban J connectivity index is 0.000000383. The molecule has 1 spiro atoms. The Morgan fingerprint density at radius 2 is 2.09 bits per heavy atom. The second kappa shape index (κ2) is 10.7. The van der Waals surface area contributed by atoms with Crippen LogP contribution in [0.15, 0.2) is 29.6 Å². The third kappa shape index (κ3) is 7.31. The summed E-state index contributed by atoms with van der Waals surface area (Å²) in [7, 11) is 1.70. The van der Waals surface area contributed by atoms with Gasteiger partial charge in [-0.15, -0.1) is 11.3 Å². The van der Waals surface area contributed by atoms with Crippen molar-refractivity contribution in [2.24, 2.45) is 0 Å². The van der Waals surface area contributed by atoms with Gasteiger partial charge in [0.05, 0.1) is 36.1 Å². The minimum atomic E-state index is -5.08. The number of nitrogens with one attached hydrogen (secondary N) is 1. The SMILES string of the molecule is COc1cccc(NC2COC3(CCN(Cc4csc(C)n4)CC3)C2)c1.O=C(O)C(F)(F)F. The Bertz CT molecular complexity index is 930. The molecule has 0 amide bonds. The summed E-state index contributed by atoms with van der Waals surface area (Å²) in [6, 6.07) is 8.49. The third-order valence-electron chi connectivity index (χ3n) is 5.71. The summed E-state index contributed by atoms with van der Waals surface area (Å²) in [6.45, 7) is 5.99. The van der Waals surface area contributed by atoms with Crippen LogP contribution >= 0.6 is 11.3 Å². The van der Waals surface area contributed by atoms with Crippen molar-refractivity contribution in [3.8, 4) is 5.75 Å². The molecular weight excluding hydrogens is 459 g/mol. The zero-order chi connectivity index (χ0) is 24.1. The molecule has 11 heteroatoms. The standard InChI is InChI=1S/C20H27N3O2S.C2HF3O2/c1-15-21-18(14-26-15)12-23-8-6-20(7-9-23)11-17(13-25-20)22-16-4-3-5-19(10-16)24-2;3-2(4,5)1(6)7/h3-5,10,14,17,22H,6-9,11-13H2,1-2H3;(H,6,7). The van der Waals surface area contributed by atoms with Crippen LogP contribution in [0.1, 0.15) is 30.0 Å². The number of nitrogens with zero attached hydrogens (tertiary/aromatic N) is 2. The van der Waals surface area contributed by atoms with E-state index in [4.69, 9.17) is 19.4 Å². The number of methoxy groups -OCH3 is 1. The summed E-state index contributed by atoms with van der Waals surface area (Å²) < 4.78 is 43.3. The molecule has 2 N–H and O–H groups in total. The zero-order valence-electron chi connectivity index (χ0n) is 18.5. The predicted octanol–water partition coefficient (Wildman–Crippen LogP) is 4.33. The lowest BCUT2D eigenvalue weighted by molar-refractivity contribution is -0.192. The number of hydrogen-bond acceptors (Lipinski definition) is 7. The van der Waals surface area contributed by atoms with Crippen molar-refractivity contribution in [2.45, 2.75) is 50.6 Å². The number of carboxylic acids is 1. The number of halogens is 3. The molecule has 33 heavy (non-hydrogen) atoms. The van der Waals surface area contributed by atoms with Crippen LogP contribution in [0, 0.1) is 6.92 Å². The van der Waals surface area contributed by atoms with Gasteiger partial charge in [0.25, 0.3) is 0 Å². The van der Waals surface area contributed by atoms with Crippen LogP contribution in [0.4, 0.5) is 18.9 Å². The van der Waals surface area contributed by atoms with E-state index in [-0.39, 0.29) is 5.60 Å². The molecule has 2 saturated heterocycles. The second-order valence-corrected chi connectivity index (χ2v) is 9.27. The molecule has 2 aliphatic heterocycles. The monoisotopic (exact) mass is 487 g/mol. The van der Waals surface area contributed by atoms with Crippen molar-refractivity contribution in [2.75, 3.05) is 32.1 Å². The summed E-state index contributed by atoms with van der Waals surface area (Å²) in [5.74, 6) is -1.87. The number of carboxylic acid groups (broad SMARTS) is 1. The third-order valence-corrected chi connectivity index (χ3v) is 6.53. The number of anilines is 1. The lowest BCUT2D eigenvalue weighted by Crippen LogP contribution is -2.44. The molecule has 4 rings (SSSR count).